The van der Waals surface area contributed by atoms with Gasteiger partial charge in [-0.15, -0.1) is 6.42 Å². The van der Waals surface area contributed by atoms with Crippen LogP contribution in [0.5, 0.6) is 0 Å². The smallest absolute Gasteiger partial charge is 0.223 e. The van der Waals surface area contributed by atoms with Crippen molar-refractivity contribution >= 4 is 5.91 Å². The quantitative estimate of drug-likeness (QED) is 0.401. The molecule has 0 heterocycles. The van der Waals surface area contributed by atoms with E-state index in [0.717, 1.165) is 19.4 Å². The summed E-state index contributed by atoms with van der Waals surface area (Å²) in [7, 11) is 0. The average molecular weight is 251 g/mol. The van der Waals surface area contributed by atoms with Crippen LogP contribution in [0.2, 0.25) is 0 Å². The zero-order chi connectivity index (χ0) is 13.6. The molecule has 0 spiro atoms. The van der Waals surface area contributed by atoms with Crippen LogP contribution in [0.25, 0.3) is 0 Å². The van der Waals surface area contributed by atoms with Crippen LogP contribution in [-0.2, 0) is 4.79 Å². The van der Waals surface area contributed by atoms with E-state index in [-0.39, 0.29) is 5.91 Å². The van der Waals surface area contributed by atoms with E-state index in [2.05, 4.69) is 19.8 Å². The molecular weight excluding hydrogens is 222 g/mol. The van der Waals surface area contributed by atoms with Gasteiger partial charge in [0.15, 0.2) is 0 Å². The molecule has 0 aliphatic heterocycles. The Bertz CT molecular complexity index is 242. The van der Waals surface area contributed by atoms with Crippen LogP contribution >= 0.6 is 0 Å². The molecule has 0 N–H and O–H groups in total. The SMILES string of the molecule is C#CCN(CCC)C(=O)CCCCCCCCC. The normalized spacial score (nSPS) is 10.1. The highest BCUT2D eigenvalue weighted by Crippen LogP contribution is 2.09. The van der Waals surface area contributed by atoms with Crippen molar-refractivity contribution in [3.63, 3.8) is 0 Å². The second kappa shape index (κ2) is 12.5. The Morgan fingerprint density at radius 3 is 2.17 bits per heavy atom. The minimum absolute atomic E-state index is 0.225. The minimum Gasteiger partial charge on any atom is -0.332 e. The third-order valence-electron chi connectivity index (χ3n) is 3.12. The molecule has 0 radical (unpaired) electrons. The first-order chi connectivity index (χ1) is 8.76. The third kappa shape index (κ3) is 9.10. The number of hydrogen-bond acceptors (Lipinski definition) is 1. The molecule has 18 heavy (non-hydrogen) atoms. The van der Waals surface area contributed by atoms with Crippen molar-refractivity contribution in [3.05, 3.63) is 0 Å². The standard InChI is InChI=1S/C16H29NO/c1-4-7-8-9-10-11-12-13-16(18)17(14-5-2)15-6-3/h2H,4,6-15H2,1,3H3. The molecule has 0 aromatic rings. The van der Waals surface area contributed by atoms with Gasteiger partial charge in [0.2, 0.25) is 5.91 Å². The zero-order valence-corrected chi connectivity index (χ0v) is 12.2. The number of unbranched alkanes of at least 4 members (excludes halogenated alkanes) is 6. The van der Waals surface area contributed by atoms with Crippen molar-refractivity contribution < 1.29 is 4.79 Å². The Balaban J connectivity index is 3.58. The summed E-state index contributed by atoms with van der Waals surface area (Å²) in [6, 6.07) is 0. The highest BCUT2D eigenvalue weighted by Gasteiger charge is 2.10. The van der Waals surface area contributed by atoms with Gasteiger partial charge in [-0.2, -0.15) is 0 Å². The van der Waals surface area contributed by atoms with Gasteiger partial charge in [-0.1, -0.05) is 58.3 Å². The van der Waals surface area contributed by atoms with Crippen molar-refractivity contribution in [1.29, 1.82) is 0 Å². The van der Waals surface area contributed by atoms with E-state index in [1.165, 1.54) is 38.5 Å². The summed E-state index contributed by atoms with van der Waals surface area (Å²) in [6.45, 7) is 5.56. The molecule has 0 bridgehead atoms. The average Bonchev–Trinajstić information content (AvgIpc) is 2.37. The first-order valence-electron chi connectivity index (χ1n) is 7.47. The third-order valence-corrected chi connectivity index (χ3v) is 3.12. The molecule has 0 rings (SSSR count). The van der Waals surface area contributed by atoms with Gasteiger partial charge in [-0.05, 0) is 12.8 Å². The van der Waals surface area contributed by atoms with E-state index < -0.39 is 0 Å². The molecule has 0 saturated heterocycles. The fourth-order valence-corrected chi connectivity index (χ4v) is 2.06. The van der Waals surface area contributed by atoms with Gasteiger partial charge in [0.05, 0.1) is 6.54 Å². The molecule has 0 aliphatic carbocycles. The van der Waals surface area contributed by atoms with E-state index in [0.29, 0.717) is 13.0 Å². The number of carbonyl (C=O) groups excluding carboxylic acids is 1. The van der Waals surface area contributed by atoms with Gasteiger partial charge in [-0.25, -0.2) is 0 Å². The number of terminal acetylenes is 1. The van der Waals surface area contributed by atoms with E-state index in [9.17, 15) is 4.79 Å². The van der Waals surface area contributed by atoms with Crippen molar-refractivity contribution in [3.8, 4) is 12.3 Å². The summed E-state index contributed by atoms with van der Waals surface area (Å²) >= 11 is 0. The lowest BCUT2D eigenvalue weighted by atomic mass is 10.1. The molecule has 0 aromatic heterocycles. The fourth-order valence-electron chi connectivity index (χ4n) is 2.06. The number of carbonyl (C=O) groups is 1. The molecule has 1 amide bonds. The molecule has 2 heteroatoms. The van der Waals surface area contributed by atoms with E-state index in [4.69, 9.17) is 6.42 Å². The monoisotopic (exact) mass is 251 g/mol. The number of nitrogens with zero attached hydrogens (tertiary/aromatic N) is 1. The van der Waals surface area contributed by atoms with Crippen LogP contribution in [0.1, 0.15) is 71.6 Å². The Hall–Kier alpha value is -0.970. The van der Waals surface area contributed by atoms with Crippen LogP contribution in [0.15, 0.2) is 0 Å². The fraction of sp³-hybridized carbons (Fsp3) is 0.812. The van der Waals surface area contributed by atoms with Crippen LogP contribution < -0.4 is 0 Å². The van der Waals surface area contributed by atoms with Crippen molar-refractivity contribution in [1.82, 2.24) is 4.90 Å². The summed E-state index contributed by atoms with van der Waals surface area (Å²) in [4.78, 5) is 13.7. The molecule has 0 fully saturated rings. The first-order valence-corrected chi connectivity index (χ1v) is 7.47. The molecule has 0 aliphatic rings. The van der Waals surface area contributed by atoms with E-state index >= 15 is 0 Å². The second-order valence-corrected chi connectivity index (χ2v) is 4.89. The highest BCUT2D eigenvalue weighted by atomic mass is 16.2. The Kier molecular flexibility index (Phi) is 11.8. The maximum Gasteiger partial charge on any atom is 0.223 e. The van der Waals surface area contributed by atoms with Gasteiger partial charge in [0.25, 0.3) is 0 Å². The first kappa shape index (κ1) is 17.0. The Morgan fingerprint density at radius 1 is 1.00 bits per heavy atom. The summed E-state index contributed by atoms with van der Waals surface area (Å²) < 4.78 is 0. The molecule has 0 unspecified atom stereocenters. The van der Waals surface area contributed by atoms with Gasteiger partial charge >= 0.3 is 0 Å². The molecular formula is C16H29NO. The second-order valence-electron chi connectivity index (χ2n) is 4.89. The Labute approximate surface area is 113 Å². The predicted molar refractivity (Wildman–Crippen MR) is 78.3 cm³/mol. The van der Waals surface area contributed by atoms with Gasteiger partial charge in [-0.3, -0.25) is 4.79 Å². The number of hydrogen-bond donors (Lipinski definition) is 0. The summed E-state index contributed by atoms with van der Waals surface area (Å²) in [5.41, 5.74) is 0. The predicted octanol–water partition coefficient (Wildman–Crippen LogP) is 4.00. The number of rotatable bonds is 11. The largest absolute Gasteiger partial charge is 0.332 e. The van der Waals surface area contributed by atoms with Crippen molar-refractivity contribution in [2.45, 2.75) is 71.6 Å². The summed E-state index contributed by atoms with van der Waals surface area (Å²) in [5.74, 6) is 2.79. The van der Waals surface area contributed by atoms with Crippen LogP contribution in [-0.4, -0.2) is 23.9 Å². The van der Waals surface area contributed by atoms with Crippen molar-refractivity contribution in [2.24, 2.45) is 0 Å². The van der Waals surface area contributed by atoms with Gasteiger partial charge in [0.1, 0.15) is 0 Å². The van der Waals surface area contributed by atoms with Crippen LogP contribution in [0.4, 0.5) is 0 Å². The topological polar surface area (TPSA) is 20.3 Å². The van der Waals surface area contributed by atoms with Crippen LogP contribution in [0, 0.1) is 12.3 Å². The lowest BCUT2D eigenvalue weighted by Crippen LogP contribution is -2.31. The Morgan fingerprint density at radius 2 is 1.61 bits per heavy atom. The number of amides is 1. The lowest BCUT2D eigenvalue weighted by Gasteiger charge is -2.19. The molecule has 104 valence electrons. The maximum atomic E-state index is 11.9. The zero-order valence-electron chi connectivity index (χ0n) is 12.2. The molecule has 0 atom stereocenters. The summed E-state index contributed by atoms with van der Waals surface area (Å²) in [5, 5.41) is 0. The molecule has 0 saturated carbocycles. The van der Waals surface area contributed by atoms with E-state index in [1.807, 2.05) is 0 Å². The highest BCUT2D eigenvalue weighted by molar-refractivity contribution is 5.76. The van der Waals surface area contributed by atoms with Crippen LogP contribution in [0.3, 0.4) is 0 Å². The molecule has 2 nitrogen and oxygen atoms in total. The van der Waals surface area contributed by atoms with Gasteiger partial charge < -0.3 is 4.90 Å². The van der Waals surface area contributed by atoms with Crippen molar-refractivity contribution in [2.75, 3.05) is 13.1 Å². The lowest BCUT2D eigenvalue weighted by molar-refractivity contribution is -0.130. The van der Waals surface area contributed by atoms with E-state index in [1.54, 1.807) is 4.90 Å². The summed E-state index contributed by atoms with van der Waals surface area (Å²) in [6.07, 6.45) is 15.6. The molecule has 0 aromatic carbocycles. The maximum absolute atomic E-state index is 11.9. The minimum atomic E-state index is 0.225. The van der Waals surface area contributed by atoms with Gasteiger partial charge in [0, 0.05) is 13.0 Å².